The Balaban J connectivity index is 1.88. The van der Waals surface area contributed by atoms with E-state index in [0.717, 1.165) is 5.56 Å². The summed E-state index contributed by atoms with van der Waals surface area (Å²) in [4.78, 5) is 44.8. The van der Waals surface area contributed by atoms with Gasteiger partial charge in [-0.1, -0.05) is 32.9 Å². The Labute approximate surface area is 221 Å². The quantitative estimate of drug-likeness (QED) is 0.185. The summed E-state index contributed by atoms with van der Waals surface area (Å²) in [6, 6.07) is 14.0. The van der Waals surface area contributed by atoms with Crippen LogP contribution in [0.2, 0.25) is 0 Å². The van der Waals surface area contributed by atoms with E-state index in [1.54, 1.807) is 68.0 Å². The first-order valence-corrected chi connectivity index (χ1v) is 12.4. The predicted molar refractivity (Wildman–Crippen MR) is 143 cm³/mol. The van der Waals surface area contributed by atoms with Gasteiger partial charge in [0.1, 0.15) is 11.5 Å². The highest BCUT2D eigenvalue weighted by Crippen LogP contribution is 2.42. The fraction of sp³-hybridized carbons (Fsp3) is 0.267. The van der Waals surface area contributed by atoms with Crippen LogP contribution in [-0.2, 0) is 14.3 Å². The van der Waals surface area contributed by atoms with Crippen molar-refractivity contribution in [3.63, 3.8) is 0 Å². The van der Waals surface area contributed by atoms with Crippen LogP contribution in [0.15, 0.2) is 72.6 Å². The molecular formula is C30H30N2O6. The molecule has 1 N–H and O–H groups in total. The number of pyridine rings is 1. The molecule has 2 heterocycles. The molecule has 1 atom stereocenters. The standard InChI is InChI=1S/C30H30N2O6/c1-5-14-38-30(36)20-8-6-10-22(15-20)32-26(21-9-7-13-31-17-21)25(28(34)29(32)35)27(33)19-11-12-24(37-4)23(16-19)18(2)3/h6-13,15-18,26,33H,5,14H2,1-4H3/b27-25-. The van der Waals surface area contributed by atoms with Gasteiger partial charge in [0.15, 0.2) is 0 Å². The monoisotopic (exact) mass is 514 g/mol. The summed E-state index contributed by atoms with van der Waals surface area (Å²) in [5.74, 6) is -1.74. The van der Waals surface area contributed by atoms with Gasteiger partial charge in [0.25, 0.3) is 11.7 Å². The number of benzene rings is 2. The van der Waals surface area contributed by atoms with Gasteiger partial charge in [-0.25, -0.2) is 4.79 Å². The molecule has 1 unspecified atom stereocenters. The van der Waals surface area contributed by atoms with Crippen molar-refractivity contribution in [3.05, 3.63) is 94.8 Å². The van der Waals surface area contributed by atoms with E-state index in [0.29, 0.717) is 29.0 Å². The van der Waals surface area contributed by atoms with Gasteiger partial charge >= 0.3 is 5.97 Å². The maximum absolute atomic E-state index is 13.4. The van der Waals surface area contributed by atoms with E-state index >= 15 is 0 Å². The number of ether oxygens (including phenoxy) is 2. The predicted octanol–water partition coefficient (Wildman–Crippen LogP) is 5.41. The number of ketones is 1. The number of Topliss-reactive ketones (excluding diaryl/α,β-unsaturated/α-hetero) is 1. The number of carbonyl (C=O) groups is 3. The van der Waals surface area contributed by atoms with Crippen LogP contribution in [0.25, 0.3) is 5.76 Å². The molecule has 0 spiro atoms. The third kappa shape index (κ3) is 5.02. The third-order valence-electron chi connectivity index (χ3n) is 6.37. The summed E-state index contributed by atoms with van der Waals surface area (Å²) in [5, 5.41) is 11.5. The minimum absolute atomic E-state index is 0.0677. The molecule has 0 bridgehead atoms. The third-order valence-corrected chi connectivity index (χ3v) is 6.37. The zero-order valence-corrected chi connectivity index (χ0v) is 21.8. The van der Waals surface area contributed by atoms with Crippen LogP contribution in [-0.4, -0.2) is 41.5 Å². The second-order valence-electron chi connectivity index (χ2n) is 9.25. The van der Waals surface area contributed by atoms with Crippen molar-refractivity contribution < 1.29 is 29.0 Å². The van der Waals surface area contributed by atoms with Crippen LogP contribution in [0.4, 0.5) is 5.69 Å². The van der Waals surface area contributed by atoms with E-state index in [4.69, 9.17) is 9.47 Å². The molecule has 1 saturated heterocycles. The van der Waals surface area contributed by atoms with Gasteiger partial charge in [0, 0.05) is 23.6 Å². The van der Waals surface area contributed by atoms with E-state index in [9.17, 15) is 19.5 Å². The van der Waals surface area contributed by atoms with Gasteiger partial charge < -0.3 is 14.6 Å². The van der Waals surface area contributed by atoms with Gasteiger partial charge in [0.2, 0.25) is 0 Å². The Hall–Kier alpha value is -4.46. The molecule has 2 aromatic carbocycles. The molecule has 1 aliphatic heterocycles. The van der Waals surface area contributed by atoms with E-state index < -0.39 is 23.7 Å². The Morgan fingerprint density at radius 1 is 1.08 bits per heavy atom. The molecule has 1 fully saturated rings. The highest BCUT2D eigenvalue weighted by molar-refractivity contribution is 6.51. The maximum atomic E-state index is 13.4. The maximum Gasteiger partial charge on any atom is 0.338 e. The number of nitrogens with zero attached hydrogens (tertiary/aromatic N) is 2. The summed E-state index contributed by atoms with van der Waals surface area (Å²) in [6.45, 7) is 6.15. The number of aliphatic hydroxyl groups is 1. The molecule has 4 rings (SSSR count). The molecule has 1 amide bonds. The Kier molecular flexibility index (Phi) is 7.90. The molecule has 38 heavy (non-hydrogen) atoms. The zero-order valence-electron chi connectivity index (χ0n) is 21.8. The van der Waals surface area contributed by atoms with Gasteiger partial charge in [-0.15, -0.1) is 0 Å². The summed E-state index contributed by atoms with van der Waals surface area (Å²) >= 11 is 0. The zero-order chi connectivity index (χ0) is 27.4. The smallest absolute Gasteiger partial charge is 0.338 e. The number of rotatable bonds is 8. The number of carbonyl (C=O) groups excluding carboxylic acids is 3. The van der Waals surface area contributed by atoms with Crippen molar-refractivity contribution in [1.82, 2.24) is 4.98 Å². The Bertz CT molecular complexity index is 1400. The molecular weight excluding hydrogens is 484 g/mol. The van der Waals surface area contributed by atoms with Crippen LogP contribution in [0.5, 0.6) is 5.75 Å². The van der Waals surface area contributed by atoms with Crippen molar-refractivity contribution in [2.75, 3.05) is 18.6 Å². The lowest BCUT2D eigenvalue weighted by atomic mass is 9.93. The summed E-state index contributed by atoms with van der Waals surface area (Å²) in [5.41, 5.74) is 2.27. The normalized spacial score (nSPS) is 16.7. The number of aliphatic hydroxyl groups excluding tert-OH is 1. The lowest BCUT2D eigenvalue weighted by Crippen LogP contribution is -2.29. The Morgan fingerprint density at radius 3 is 2.53 bits per heavy atom. The van der Waals surface area contributed by atoms with Crippen LogP contribution in [0, 0.1) is 0 Å². The number of amides is 1. The molecule has 8 heteroatoms. The molecule has 0 radical (unpaired) electrons. The van der Waals surface area contributed by atoms with Crippen LogP contribution < -0.4 is 9.64 Å². The molecule has 8 nitrogen and oxygen atoms in total. The number of esters is 1. The van der Waals surface area contributed by atoms with Crippen LogP contribution in [0.1, 0.15) is 66.2 Å². The van der Waals surface area contributed by atoms with Gasteiger partial charge in [-0.3, -0.25) is 19.5 Å². The number of methoxy groups -OCH3 is 1. The average Bonchev–Trinajstić information content (AvgIpc) is 3.21. The van der Waals surface area contributed by atoms with E-state index in [2.05, 4.69) is 4.98 Å². The molecule has 1 aromatic heterocycles. The molecule has 0 aliphatic carbocycles. The molecule has 1 aliphatic rings. The Morgan fingerprint density at radius 2 is 1.87 bits per heavy atom. The second kappa shape index (κ2) is 11.3. The van der Waals surface area contributed by atoms with Crippen LogP contribution >= 0.6 is 0 Å². The first-order valence-electron chi connectivity index (χ1n) is 12.4. The van der Waals surface area contributed by atoms with Crippen molar-refractivity contribution >= 4 is 29.1 Å². The van der Waals surface area contributed by atoms with E-state index in [1.165, 1.54) is 11.0 Å². The first kappa shape index (κ1) is 26.6. The van der Waals surface area contributed by atoms with Crippen molar-refractivity contribution in [1.29, 1.82) is 0 Å². The summed E-state index contributed by atoms with van der Waals surface area (Å²) in [7, 11) is 1.57. The van der Waals surface area contributed by atoms with Crippen molar-refractivity contribution in [2.24, 2.45) is 0 Å². The summed E-state index contributed by atoms with van der Waals surface area (Å²) < 4.78 is 10.7. The van der Waals surface area contributed by atoms with E-state index in [-0.39, 0.29) is 29.4 Å². The van der Waals surface area contributed by atoms with E-state index in [1.807, 2.05) is 20.8 Å². The number of aromatic nitrogens is 1. The number of anilines is 1. The topological polar surface area (TPSA) is 106 Å². The minimum Gasteiger partial charge on any atom is -0.507 e. The summed E-state index contributed by atoms with van der Waals surface area (Å²) in [6.07, 6.45) is 3.80. The molecule has 0 saturated carbocycles. The molecule has 196 valence electrons. The second-order valence-corrected chi connectivity index (χ2v) is 9.25. The highest BCUT2D eigenvalue weighted by Gasteiger charge is 2.47. The van der Waals surface area contributed by atoms with Gasteiger partial charge in [-0.2, -0.15) is 0 Å². The van der Waals surface area contributed by atoms with Crippen molar-refractivity contribution in [2.45, 2.75) is 39.2 Å². The largest absolute Gasteiger partial charge is 0.507 e. The average molecular weight is 515 g/mol. The van der Waals surface area contributed by atoms with Gasteiger partial charge in [0.05, 0.1) is 30.9 Å². The SMILES string of the molecule is CCCOC(=O)c1cccc(N2C(=O)C(=O)/C(=C(\O)c3ccc(OC)c(C(C)C)c3)C2c2cccnc2)c1. The molecule has 3 aromatic rings. The lowest BCUT2D eigenvalue weighted by Gasteiger charge is -2.25. The minimum atomic E-state index is -0.963. The van der Waals surface area contributed by atoms with Crippen molar-refractivity contribution in [3.8, 4) is 5.75 Å². The van der Waals surface area contributed by atoms with Gasteiger partial charge in [-0.05, 0) is 65.9 Å². The van der Waals surface area contributed by atoms with Crippen LogP contribution in [0.3, 0.4) is 0 Å². The first-order chi connectivity index (χ1) is 18.3. The fourth-order valence-electron chi connectivity index (χ4n) is 4.50. The lowest BCUT2D eigenvalue weighted by molar-refractivity contribution is -0.132. The highest BCUT2D eigenvalue weighted by atomic mass is 16.5. The fourth-order valence-corrected chi connectivity index (χ4v) is 4.50. The number of hydrogen-bond donors (Lipinski definition) is 1. The number of hydrogen-bond acceptors (Lipinski definition) is 7.